The van der Waals surface area contributed by atoms with Gasteiger partial charge >= 0.3 is 0 Å². The van der Waals surface area contributed by atoms with Crippen LogP contribution < -0.4 is 4.90 Å². The van der Waals surface area contributed by atoms with Crippen molar-refractivity contribution in [3.63, 3.8) is 0 Å². The maximum atomic E-state index is 13.8. The third kappa shape index (κ3) is 5.90. The van der Waals surface area contributed by atoms with Crippen LogP contribution in [0.25, 0.3) is 32.9 Å². The number of nitrogens with zero attached hydrogens (tertiary/aromatic N) is 7. The first-order valence-corrected chi connectivity index (χ1v) is 15.7. The number of hydrogen-bond acceptors (Lipinski definition) is 8. The lowest BCUT2D eigenvalue weighted by Crippen LogP contribution is -2.55. The maximum absolute atomic E-state index is 13.8. The molecule has 0 N–H and O–H groups in total. The molecule has 0 spiro atoms. The first-order valence-electron chi connectivity index (χ1n) is 14.3. The number of carbonyl (C=O) groups is 1. The monoisotopic (exact) mass is 615 g/mol. The fourth-order valence-corrected chi connectivity index (χ4v) is 7.42. The fraction of sp³-hybridized carbons (Fsp3) is 0.344. The molecule has 11 heteroatoms. The number of hydrogen-bond donors (Lipinski definition) is 0. The van der Waals surface area contributed by atoms with Crippen LogP contribution in [-0.4, -0.2) is 81.7 Å². The number of likely N-dealkylation sites (tertiary alicyclic amines) is 1. The number of aromatic nitrogens is 3. The first-order chi connectivity index (χ1) is 20.8. The zero-order chi connectivity index (χ0) is 30.1. The summed E-state index contributed by atoms with van der Waals surface area (Å²) in [7, 11) is 2.15. The zero-order valence-corrected chi connectivity index (χ0v) is 25.4. The lowest BCUT2D eigenvalue weighted by atomic mass is 9.99. The van der Waals surface area contributed by atoms with Gasteiger partial charge in [-0.2, -0.15) is 5.26 Å². The van der Waals surface area contributed by atoms with Crippen molar-refractivity contribution in [1.29, 1.82) is 5.26 Å². The number of benzene rings is 2. The van der Waals surface area contributed by atoms with E-state index in [1.165, 1.54) is 11.3 Å². The van der Waals surface area contributed by atoms with E-state index in [1.54, 1.807) is 11.8 Å². The van der Waals surface area contributed by atoms with Crippen molar-refractivity contribution in [3.05, 3.63) is 66.1 Å². The zero-order valence-electron chi connectivity index (χ0n) is 23.8. The van der Waals surface area contributed by atoms with Gasteiger partial charge in [0.2, 0.25) is 0 Å². The Kier molecular flexibility index (Phi) is 8.48. The Morgan fingerprint density at radius 1 is 1.19 bits per heavy atom. The number of amides is 1. The van der Waals surface area contributed by atoms with Crippen molar-refractivity contribution in [2.45, 2.75) is 36.5 Å². The van der Waals surface area contributed by atoms with Crippen LogP contribution in [0.1, 0.15) is 19.3 Å². The highest BCUT2D eigenvalue weighted by molar-refractivity contribution is 7.99. The van der Waals surface area contributed by atoms with Gasteiger partial charge in [-0.3, -0.25) is 9.78 Å². The van der Waals surface area contributed by atoms with E-state index in [0.717, 1.165) is 40.6 Å². The van der Waals surface area contributed by atoms with Crippen molar-refractivity contribution in [3.8, 4) is 17.2 Å². The van der Waals surface area contributed by atoms with Crippen LogP contribution in [0.15, 0.2) is 66.2 Å². The molecular weight excluding hydrogens is 585 g/mol. The summed E-state index contributed by atoms with van der Waals surface area (Å²) in [5, 5.41) is 12.8. The number of pyridine rings is 1. The number of nitriles is 1. The molecule has 4 heterocycles. The predicted molar refractivity (Wildman–Crippen MR) is 170 cm³/mol. The minimum Gasteiger partial charge on any atom is -0.351 e. The summed E-state index contributed by atoms with van der Waals surface area (Å²) in [6.07, 6.45) is 4.20. The largest absolute Gasteiger partial charge is 0.351 e. The molecule has 0 saturated carbocycles. The molecule has 2 aromatic carbocycles. The maximum Gasteiger partial charge on any atom is 0.282 e. The molecule has 2 atom stereocenters. The van der Waals surface area contributed by atoms with Crippen molar-refractivity contribution >= 4 is 56.9 Å². The van der Waals surface area contributed by atoms with E-state index in [4.69, 9.17) is 26.6 Å². The number of halogens is 2. The first kappa shape index (κ1) is 29.3. The Bertz CT molecular complexity index is 1760. The molecule has 1 unspecified atom stereocenters. The number of carbonyl (C=O) groups excluding carboxylic acids is 1. The molecule has 2 aromatic heterocycles. The van der Waals surface area contributed by atoms with Gasteiger partial charge in [-0.25, -0.2) is 14.4 Å². The Hall–Kier alpha value is -3.78. The molecule has 1 amide bonds. The van der Waals surface area contributed by atoms with E-state index in [1.807, 2.05) is 53.6 Å². The van der Waals surface area contributed by atoms with Crippen LogP contribution in [0.4, 0.5) is 10.2 Å². The number of anilines is 1. The molecule has 0 aliphatic carbocycles. The number of fused-ring (bicyclic) bond motifs is 2. The van der Waals surface area contributed by atoms with E-state index in [2.05, 4.69) is 24.6 Å². The topological polar surface area (TPSA) is 89.2 Å². The third-order valence-electron chi connectivity index (χ3n) is 8.34. The predicted octanol–water partition coefficient (Wildman–Crippen LogP) is 6.10. The number of rotatable bonds is 7. The molecular formula is C32H31ClFN7OS. The number of piperazine rings is 1. The molecule has 0 bridgehead atoms. The van der Waals surface area contributed by atoms with Gasteiger partial charge in [0.05, 0.1) is 24.0 Å². The smallest absolute Gasteiger partial charge is 0.282 e. The van der Waals surface area contributed by atoms with Crippen LogP contribution in [0.3, 0.4) is 0 Å². The average molecular weight is 616 g/mol. The Morgan fingerprint density at radius 3 is 2.74 bits per heavy atom. The summed E-state index contributed by atoms with van der Waals surface area (Å²) >= 11 is 8.27. The van der Waals surface area contributed by atoms with Gasteiger partial charge in [0, 0.05) is 53.6 Å². The van der Waals surface area contributed by atoms with Gasteiger partial charge in [0.1, 0.15) is 5.52 Å². The molecule has 8 nitrogen and oxygen atoms in total. The Morgan fingerprint density at radius 2 is 2.00 bits per heavy atom. The second-order valence-corrected chi connectivity index (χ2v) is 12.4. The SMILES string of the molecule is C=C(F)C(=O)N1CCN(c2nc(SCC3CCCN3C)nc3cc(-c4cccc5cccc(Cl)c45)cnc23)C[C@@H]1CC#N. The lowest BCUT2D eigenvalue weighted by Gasteiger charge is -2.41. The summed E-state index contributed by atoms with van der Waals surface area (Å²) < 4.78 is 13.8. The molecule has 2 aliphatic rings. The van der Waals surface area contributed by atoms with Gasteiger partial charge in [-0.15, -0.1) is 0 Å². The van der Waals surface area contributed by atoms with Gasteiger partial charge in [0.25, 0.3) is 5.91 Å². The molecule has 2 fully saturated rings. The molecule has 220 valence electrons. The summed E-state index contributed by atoms with van der Waals surface area (Å²) in [5.41, 5.74) is 3.18. The summed E-state index contributed by atoms with van der Waals surface area (Å²) in [6.45, 7) is 5.22. The van der Waals surface area contributed by atoms with Gasteiger partial charge in [0.15, 0.2) is 16.8 Å². The summed E-state index contributed by atoms with van der Waals surface area (Å²) in [5.74, 6) is -0.294. The number of thioether (sulfide) groups is 1. The second kappa shape index (κ2) is 12.4. The van der Waals surface area contributed by atoms with Crippen LogP contribution >= 0.6 is 23.4 Å². The van der Waals surface area contributed by atoms with Crippen LogP contribution in [-0.2, 0) is 4.79 Å². The van der Waals surface area contributed by atoms with E-state index < -0.39 is 17.8 Å². The normalized spacial score (nSPS) is 19.2. The highest BCUT2D eigenvalue weighted by Gasteiger charge is 2.33. The minimum absolute atomic E-state index is 0.0631. The van der Waals surface area contributed by atoms with Crippen molar-refractivity contribution in [2.24, 2.45) is 0 Å². The lowest BCUT2D eigenvalue weighted by molar-refractivity contribution is -0.131. The van der Waals surface area contributed by atoms with E-state index in [0.29, 0.717) is 46.2 Å². The van der Waals surface area contributed by atoms with Gasteiger partial charge < -0.3 is 14.7 Å². The molecule has 0 radical (unpaired) electrons. The van der Waals surface area contributed by atoms with Gasteiger partial charge in [-0.05, 0) is 49.5 Å². The quantitative estimate of drug-likeness (QED) is 0.140. The van der Waals surface area contributed by atoms with Crippen LogP contribution in [0, 0.1) is 11.3 Å². The van der Waals surface area contributed by atoms with Crippen LogP contribution in [0.2, 0.25) is 5.02 Å². The molecule has 2 saturated heterocycles. The summed E-state index contributed by atoms with van der Waals surface area (Å²) in [6, 6.07) is 16.0. The molecule has 43 heavy (non-hydrogen) atoms. The van der Waals surface area contributed by atoms with E-state index >= 15 is 0 Å². The van der Waals surface area contributed by atoms with E-state index in [9.17, 15) is 14.4 Å². The second-order valence-electron chi connectivity index (χ2n) is 11.0. The molecule has 2 aliphatic heterocycles. The molecule has 6 rings (SSSR count). The molecule has 4 aromatic rings. The van der Waals surface area contributed by atoms with Crippen molar-refractivity contribution in [1.82, 2.24) is 24.8 Å². The van der Waals surface area contributed by atoms with Crippen molar-refractivity contribution in [2.75, 3.05) is 43.9 Å². The minimum atomic E-state index is -1.03. The van der Waals surface area contributed by atoms with Gasteiger partial charge in [-0.1, -0.05) is 60.3 Å². The fourth-order valence-electron chi connectivity index (χ4n) is 6.06. The van der Waals surface area contributed by atoms with Crippen LogP contribution in [0.5, 0.6) is 0 Å². The summed E-state index contributed by atoms with van der Waals surface area (Å²) in [4.78, 5) is 33.1. The van der Waals surface area contributed by atoms with Crippen molar-refractivity contribution < 1.29 is 9.18 Å². The highest BCUT2D eigenvalue weighted by atomic mass is 35.5. The third-order valence-corrected chi connectivity index (χ3v) is 9.65. The Balaban J connectivity index is 1.41. The Labute approximate surface area is 259 Å². The standard InChI is InChI=1S/C32H31ClFN7OS/c1-20(34)31(42)41-15-14-40(18-23(41)11-12-35)30-29-27(37-32(38-30)43-19-24-8-5-13-39(24)2)16-22(17-36-29)25-9-3-6-21-7-4-10-26(33)28(21)25/h3-4,6-7,9-10,16-17,23-24H,1,5,8,11,13-15,18-19H2,2H3/t23-,24?/m0/s1. The van der Waals surface area contributed by atoms with E-state index in [-0.39, 0.29) is 13.0 Å². The average Bonchev–Trinajstić information content (AvgIpc) is 3.43. The highest BCUT2D eigenvalue weighted by Crippen LogP contribution is 2.36.